The Kier molecular flexibility index (Phi) is 7.66. The number of halogens is 3. The van der Waals surface area contributed by atoms with E-state index in [0.29, 0.717) is 27.9 Å². The lowest BCUT2D eigenvalue weighted by molar-refractivity contribution is -0.0493. The fourth-order valence-corrected chi connectivity index (χ4v) is 5.96. The van der Waals surface area contributed by atoms with Crippen molar-refractivity contribution in [2.45, 2.75) is 19.6 Å². The molecule has 234 valence electrons. The van der Waals surface area contributed by atoms with Crippen molar-refractivity contribution < 1.29 is 35.9 Å². The second-order valence-corrected chi connectivity index (χ2v) is 12.6. The Morgan fingerprint density at radius 1 is 1.11 bits per heavy atom. The zero-order valence-corrected chi connectivity index (χ0v) is 24.7. The number of hydrogen-bond donors (Lipinski definition) is 3. The molecule has 0 aliphatic carbocycles. The van der Waals surface area contributed by atoms with Gasteiger partial charge in [-0.1, -0.05) is 12.1 Å². The number of hydrogen-bond acceptors (Lipinski definition) is 8. The predicted octanol–water partition coefficient (Wildman–Crippen LogP) is 5.06. The van der Waals surface area contributed by atoms with Crippen LogP contribution >= 0.6 is 0 Å². The molecule has 2 aromatic heterocycles. The first-order chi connectivity index (χ1) is 21.4. The topological polar surface area (TPSA) is 145 Å². The minimum Gasteiger partial charge on any atom is -0.454 e. The minimum atomic E-state index is -3.36. The molecule has 0 radical (unpaired) electrons. The maximum atomic E-state index is 14.0. The number of nitrogens with one attached hydrogen (secondary N) is 2. The highest BCUT2D eigenvalue weighted by Crippen LogP contribution is 2.35. The molecular formula is C30H27F3N6O5S. The first-order valence-electron chi connectivity index (χ1n) is 13.6. The largest absolute Gasteiger partial charge is 0.454 e. The van der Waals surface area contributed by atoms with Crippen LogP contribution in [0, 0.1) is 12.7 Å². The van der Waals surface area contributed by atoms with E-state index >= 15 is 0 Å². The number of ether oxygens (including phenoxy) is 2. The van der Waals surface area contributed by atoms with Crippen molar-refractivity contribution in [2.75, 3.05) is 30.4 Å². The van der Waals surface area contributed by atoms with Gasteiger partial charge in [-0.2, -0.15) is 18.2 Å². The van der Waals surface area contributed by atoms with E-state index in [1.807, 2.05) is 0 Å². The quantitative estimate of drug-likeness (QED) is 0.180. The molecule has 0 spiro atoms. The smallest absolute Gasteiger partial charge is 0.387 e. The number of para-hydroxylation sites is 1. The van der Waals surface area contributed by atoms with Crippen LogP contribution < -0.4 is 20.5 Å². The molecule has 1 aliphatic heterocycles. The van der Waals surface area contributed by atoms with Crippen molar-refractivity contribution in [3.05, 3.63) is 89.5 Å². The number of sulfonamides is 1. The van der Waals surface area contributed by atoms with Crippen LogP contribution in [0.25, 0.3) is 16.6 Å². The monoisotopic (exact) mass is 640 g/mol. The summed E-state index contributed by atoms with van der Waals surface area (Å²) in [5, 5.41) is 7.78. The summed E-state index contributed by atoms with van der Waals surface area (Å²) in [4.78, 5) is 16.5. The average Bonchev–Trinajstić information content (AvgIpc) is 3.53. The Hall–Kier alpha value is -5.02. The van der Waals surface area contributed by atoms with Gasteiger partial charge >= 0.3 is 6.61 Å². The molecular weight excluding hydrogens is 613 g/mol. The number of aromatic nitrogens is 3. The van der Waals surface area contributed by atoms with Gasteiger partial charge in [0.1, 0.15) is 17.3 Å². The number of alkyl halides is 2. The molecule has 0 unspecified atom stereocenters. The van der Waals surface area contributed by atoms with Crippen molar-refractivity contribution in [1.82, 2.24) is 19.1 Å². The third kappa shape index (κ3) is 6.04. The minimum absolute atomic E-state index is 0.0639. The van der Waals surface area contributed by atoms with Gasteiger partial charge in [0, 0.05) is 24.0 Å². The van der Waals surface area contributed by atoms with Crippen LogP contribution in [0.15, 0.2) is 66.9 Å². The molecule has 1 saturated heterocycles. The van der Waals surface area contributed by atoms with Crippen LogP contribution in [0.1, 0.15) is 21.6 Å². The molecule has 4 N–H and O–H groups in total. The standard InChI is InChI=1S/C30H27F3N6O5S/c1-16-9-19(43-26-6-4-3-5-21(26)31)7-8-25(16)39-29(34)20(13-35-39)28(40)24-10-17-11-27(44-30(32)33)23(12-22(17)37-24)36-18-14-38(15-18)45(2,41)42/h3-13,18,30,36-37H,14-15,34H2,1-2H3. The fourth-order valence-electron chi connectivity index (χ4n) is 5.06. The number of H-pyrrole nitrogens is 1. The third-order valence-electron chi connectivity index (χ3n) is 7.37. The SMILES string of the molecule is Cc1cc(Oc2ccccc2F)ccc1-n1ncc(C(=O)c2cc3cc(OC(F)F)c(NC4CN(S(C)(=O)=O)C4)cc3[nH]2)c1N. The van der Waals surface area contributed by atoms with Gasteiger partial charge in [-0.15, -0.1) is 0 Å². The first kappa shape index (κ1) is 30.0. The maximum Gasteiger partial charge on any atom is 0.387 e. The van der Waals surface area contributed by atoms with Crippen LogP contribution in [-0.4, -0.2) is 65.3 Å². The number of rotatable bonds is 10. The maximum absolute atomic E-state index is 14.0. The summed E-state index contributed by atoms with van der Waals surface area (Å²) in [5.74, 6) is -0.601. The zero-order valence-electron chi connectivity index (χ0n) is 23.9. The molecule has 3 aromatic carbocycles. The molecule has 0 saturated carbocycles. The summed E-state index contributed by atoms with van der Waals surface area (Å²) < 4.78 is 76.8. The van der Waals surface area contributed by atoms with Gasteiger partial charge < -0.3 is 25.5 Å². The Balaban J connectivity index is 1.25. The van der Waals surface area contributed by atoms with E-state index in [2.05, 4.69) is 15.4 Å². The highest BCUT2D eigenvalue weighted by molar-refractivity contribution is 7.88. The number of benzene rings is 3. The van der Waals surface area contributed by atoms with Crippen molar-refractivity contribution >= 4 is 38.2 Å². The Morgan fingerprint density at radius 2 is 1.87 bits per heavy atom. The predicted molar refractivity (Wildman–Crippen MR) is 161 cm³/mol. The number of aryl methyl sites for hydroxylation is 1. The van der Waals surface area contributed by atoms with E-state index in [1.54, 1.807) is 37.3 Å². The van der Waals surface area contributed by atoms with Crippen LogP contribution in [0.5, 0.6) is 17.2 Å². The summed E-state index contributed by atoms with van der Waals surface area (Å²) in [6.07, 6.45) is 2.42. The lowest BCUT2D eigenvalue weighted by atomic mass is 10.1. The average molecular weight is 641 g/mol. The summed E-state index contributed by atoms with van der Waals surface area (Å²) in [6.45, 7) is -0.977. The Morgan fingerprint density at radius 3 is 2.56 bits per heavy atom. The van der Waals surface area contributed by atoms with Crippen LogP contribution in [0.3, 0.4) is 0 Å². The second-order valence-electron chi connectivity index (χ2n) is 10.6. The normalized spacial score (nSPS) is 14.1. The number of carbonyl (C=O) groups excluding carboxylic acids is 1. The number of nitrogens with two attached hydrogens (primary N) is 1. The molecule has 3 heterocycles. The van der Waals surface area contributed by atoms with Gasteiger partial charge in [0.05, 0.1) is 41.1 Å². The van der Waals surface area contributed by atoms with Crippen molar-refractivity contribution in [2.24, 2.45) is 0 Å². The molecule has 0 bridgehead atoms. The summed E-state index contributed by atoms with van der Waals surface area (Å²) in [6, 6.07) is 15.1. The van der Waals surface area contributed by atoms with Crippen LogP contribution in [-0.2, 0) is 10.0 Å². The van der Waals surface area contributed by atoms with Crippen molar-refractivity contribution in [1.29, 1.82) is 0 Å². The van der Waals surface area contributed by atoms with Crippen molar-refractivity contribution in [3.63, 3.8) is 0 Å². The molecule has 5 aromatic rings. The number of ketones is 1. The molecule has 0 amide bonds. The molecule has 0 atom stereocenters. The van der Waals surface area contributed by atoms with Crippen LogP contribution in [0.2, 0.25) is 0 Å². The van der Waals surface area contributed by atoms with Gasteiger partial charge in [-0.3, -0.25) is 4.79 Å². The number of nitrogen functional groups attached to an aromatic ring is 1. The zero-order chi connectivity index (χ0) is 32.0. The third-order valence-corrected chi connectivity index (χ3v) is 8.61. The fraction of sp³-hybridized carbons (Fsp3) is 0.200. The molecule has 11 nitrogen and oxygen atoms in total. The van der Waals surface area contributed by atoms with E-state index in [1.165, 1.54) is 45.5 Å². The van der Waals surface area contributed by atoms with E-state index in [4.69, 9.17) is 15.2 Å². The van der Waals surface area contributed by atoms with Gasteiger partial charge in [-0.25, -0.2) is 17.5 Å². The number of fused-ring (bicyclic) bond motifs is 1. The van der Waals surface area contributed by atoms with E-state index in [-0.39, 0.29) is 53.4 Å². The second kappa shape index (κ2) is 11.5. The molecule has 45 heavy (non-hydrogen) atoms. The lowest BCUT2D eigenvalue weighted by Crippen LogP contribution is -2.56. The summed E-state index contributed by atoms with van der Waals surface area (Å²) in [7, 11) is -3.36. The van der Waals surface area contributed by atoms with E-state index in [0.717, 1.165) is 6.26 Å². The molecule has 1 fully saturated rings. The van der Waals surface area contributed by atoms with E-state index < -0.39 is 28.2 Å². The molecule has 15 heteroatoms. The highest BCUT2D eigenvalue weighted by Gasteiger charge is 2.34. The molecule has 6 rings (SSSR count). The molecule has 1 aliphatic rings. The summed E-state index contributed by atoms with van der Waals surface area (Å²) >= 11 is 0. The number of carbonyl (C=O) groups is 1. The Bertz CT molecular complexity index is 2040. The Labute approximate surface area is 255 Å². The first-order valence-corrected chi connectivity index (χ1v) is 15.5. The highest BCUT2D eigenvalue weighted by atomic mass is 32.2. The number of anilines is 2. The van der Waals surface area contributed by atoms with Gasteiger partial charge in [0.2, 0.25) is 15.8 Å². The number of aromatic amines is 1. The van der Waals surface area contributed by atoms with Gasteiger partial charge in [0.25, 0.3) is 0 Å². The number of nitrogens with zero attached hydrogens (tertiary/aromatic N) is 3. The lowest BCUT2D eigenvalue weighted by Gasteiger charge is -2.38. The van der Waals surface area contributed by atoms with Gasteiger partial charge in [0.15, 0.2) is 11.6 Å². The van der Waals surface area contributed by atoms with Gasteiger partial charge in [-0.05, 0) is 61.0 Å². The van der Waals surface area contributed by atoms with E-state index in [9.17, 15) is 26.4 Å². The van der Waals surface area contributed by atoms with Crippen LogP contribution in [0.4, 0.5) is 24.7 Å². The van der Waals surface area contributed by atoms with Crippen molar-refractivity contribution in [3.8, 4) is 22.9 Å². The summed E-state index contributed by atoms with van der Waals surface area (Å²) in [5.41, 5.74) is 8.53.